The summed E-state index contributed by atoms with van der Waals surface area (Å²) in [5.74, 6) is 1.83. The zero-order valence-corrected chi connectivity index (χ0v) is 16.8. The second-order valence-electron chi connectivity index (χ2n) is 6.30. The lowest BCUT2D eigenvalue weighted by atomic mass is 10.2. The number of nitrogens with one attached hydrogen (secondary N) is 1. The molecule has 0 aromatic heterocycles. The number of para-hydroxylation sites is 1. The number of benzene rings is 1. The third-order valence-corrected chi connectivity index (χ3v) is 4.49. The number of hydrogen-bond donors (Lipinski definition) is 1. The maximum atomic E-state index is 5.67. The summed E-state index contributed by atoms with van der Waals surface area (Å²) in [6, 6.07) is 10.6. The molecular weight excluding hydrogens is 415 g/mol. The van der Waals surface area contributed by atoms with Crippen LogP contribution in [0.2, 0.25) is 0 Å². The molecule has 0 bridgehead atoms. The lowest BCUT2D eigenvalue weighted by Gasteiger charge is -2.37. The molecule has 3 rings (SSSR count). The quantitative estimate of drug-likeness (QED) is 0.317. The van der Waals surface area contributed by atoms with Gasteiger partial charge in [-0.3, -0.25) is 4.99 Å². The predicted molar refractivity (Wildman–Crippen MR) is 111 cm³/mol. The number of ether oxygens (including phenoxy) is 1. The second-order valence-corrected chi connectivity index (χ2v) is 6.30. The Morgan fingerprint density at radius 3 is 2.50 bits per heavy atom. The predicted octanol–water partition coefficient (Wildman–Crippen LogP) is 2.43. The van der Waals surface area contributed by atoms with Crippen LogP contribution in [0.5, 0.6) is 0 Å². The molecule has 6 heteroatoms. The number of piperazine rings is 1. The smallest absolute Gasteiger partial charge is 0.193 e. The first-order chi connectivity index (χ1) is 11.4. The molecule has 1 aromatic carbocycles. The minimum Gasteiger partial charge on any atom is -0.379 e. The first kappa shape index (κ1) is 19.3. The average Bonchev–Trinajstić information content (AvgIpc) is 3.43. The Bertz CT molecular complexity index is 499. The number of hydrogen-bond acceptors (Lipinski definition) is 3. The second kappa shape index (κ2) is 10.1. The Hall–Kier alpha value is -1.02. The molecule has 1 saturated heterocycles. The molecule has 1 aliphatic heterocycles. The van der Waals surface area contributed by atoms with Crippen molar-refractivity contribution in [1.29, 1.82) is 0 Å². The van der Waals surface area contributed by atoms with Gasteiger partial charge in [0.05, 0.1) is 6.61 Å². The molecule has 0 spiro atoms. The largest absolute Gasteiger partial charge is 0.379 e. The van der Waals surface area contributed by atoms with Crippen molar-refractivity contribution in [2.24, 2.45) is 10.9 Å². The minimum atomic E-state index is 0. The van der Waals surface area contributed by atoms with E-state index < -0.39 is 0 Å². The maximum absolute atomic E-state index is 5.67. The van der Waals surface area contributed by atoms with Gasteiger partial charge >= 0.3 is 0 Å². The molecule has 5 nitrogen and oxygen atoms in total. The van der Waals surface area contributed by atoms with Gasteiger partial charge in [-0.05, 0) is 30.9 Å². The van der Waals surface area contributed by atoms with Gasteiger partial charge in [0.15, 0.2) is 5.96 Å². The summed E-state index contributed by atoms with van der Waals surface area (Å²) in [7, 11) is 1.86. The van der Waals surface area contributed by atoms with Crippen LogP contribution in [0.3, 0.4) is 0 Å². The Labute approximate surface area is 162 Å². The summed E-state index contributed by atoms with van der Waals surface area (Å²) in [6.07, 6.45) is 2.70. The van der Waals surface area contributed by atoms with E-state index in [0.717, 1.165) is 57.8 Å². The molecule has 24 heavy (non-hydrogen) atoms. The third-order valence-electron chi connectivity index (χ3n) is 4.49. The first-order valence-corrected chi connectivity index (χ1v) is 8.70. The van der Waals surface area contributed by atoms with Crippen LogP contribution in [0.25, 0.3) is 0 Å². The highest BCUT2D eigenvalue weighted by Crippen LogP contribution is 2.28. The van der Waals surface area contributed by atoms with Gasteiger partial charge in [-0.2, -0.15) is 0 Å². The van der Waals surface area contributed by atoms with Crippen LogP contribution in [-0.2, 0) is 4.74 Å². The van der Waals surface area contributed by atoms with Crippen LogP contribution >= 0.6 is 24.0 Å². The molecule has 0 amide bonds. The molecule has 134 valence electrons. The van der Waals surface area contributed by atoms with Gasteiger partial charge in [-0.15, -0.1) is 24.0 Å². The highest BCUT2D eigenvalue weighted by molar-refractivity contribution is 14.0. The van der Waals surface area contributed by atoms with Gasteiger partial charge in [0.25, 0.3) is 0 Å². The van der Waals surface area contributed by atoms with Crippen LogP contribution in [0.15, 0.2) is 35.3 Å². The Morgan fingerprint density at radius 1 is 1.17 bits per heavy atom. The van der Waals surface area contributed by atoms with Crippen molar-refractivity contribution in [1.82, 2.24) is 10.2 Å². The fourth-order valence-corrected chi connectivity index (χ4v) is 2.92. The van der Waals surface area contributed by atoms with Crippen LogP contribution in [0.1, 0.15) is 12.8 Å². The van der Waals surface area contributed by atoms with Crippen molar-refractivity contribution in [3.8, 4) is 0 Å². The minimum absolute atomic E-state index is 0. The van der Waals surface area contributed by atoms with E-state index in [1.165, 1.54) is 18.5 Å². The number of guanidine groups is 1. The monoisotopic (exact) mass is 444 g/mol. The van der Waals surface area contributed by atoms with Crippen molar-refractivity contribution in [3.63, 3.8) is 0 Å². The average molecular weight is 444 g/mol. The normalized spacial score (nSPS) is 18.3. The van der Waals surface area contributed by atoms with Crippen molar-refractivity contribution in [2.45, 2.75) is 12.8 Å². The standard InChI is InChI=1S/C18H28N4O.HI/c1-19-18(20-9-14-23-15-16-7-8-16)22-12-10-21(11-13-22)17-5-3-2-4-6-17;/h2-6,16H,7-15H2,1H3,(H,19,20);1H. The molecule has 2 aliphatic rings. The SMILES string of the molecule is CN=C(NCCOCC1CC1)N1CCN(c2ccccc2)CC1.I. The van der Waals surface area contributed by atoms with Gasteiger partial charge < -0.3 is 19.9 Å². The van der Waals surface area contributed by atoms with E-state index in [2.05, 4.69) is 50.4 Å². The number of aliphatic imine (C=N–C) groups is 1. The van der Waals surface area contributed by atoms with Crippen LogP contribution in [0, 0.1) is 5.92 Å². The topological polar surface area (TPSA) is 40.1 Å². The molecule has 1 aromatic rings. The van der Waals surface area contributed by atoms with E-state index in [0.29, 0.717) is 0 Å². The first-order valence-electron chi connectivity index (χ1n) is 8.70. The molecule has 0 radical (unpaired) electrons. The summed E-state index contributed by atoms with van der Waals surface area (Å²) >= 11 is 0. The molecule has 0 atom stereocenters. The summed E-state index contributed by atoms with van der Waals surface area (Å²) < 4.78 is 5.67. The van der Waals surface area contributed by atoms with Crippen molar-refractivity contribution >= 4 is 35.6 Å². The maximum Gasteiger partial charge on any atom is 0.193 e. The van der Waals surface area contributed by atoms with Gasteiger partial charge in [0.1, 0.15) is 0 Å². The summed E-state index contributed by atoms with van der Waals surface area (Å²) in [5.41, 5.74) is 1.31. The number of nitrogens with zero attached hydrogens (tertiary/aromatic N) is 3. The zero-order chi connectivity index (χ0) is 15.9. The number of anilines is 1. The van der Waals surface area contributed by atoms with Crippen molar-refractivity contribution in [3.05, 3.63) is 30.3 Å². The van der Waals surface area contributed by atoms with E-state index in [1.54, 1.807) is 0 Å². The number of halogens is 1. The summed E-state index contributed by atoms with van der Waals surface area (Å²) in [6.45, 7) is 6.58. The molecule has 0 unspecified atom stereocenters. The van der Waals surface area contributed by atoms with E-state index in [9.17, 15) is 0 Å². The molecule has 1 saturated carbocycles. The van der Waals surface area contributed by atoms with Crippen molar-refractivity contribution in [2.75, 3.05) is 57.9 Å². The van der Waals surface area contributed by atoms with Gasteiger partial charge in [-0.25, -0.2) is 0 Å². The summed E-state index contributed by atoms with van der Waals surface area (Å²) in [5, 5.41) is 3.42. The molecule has 1 heterocycles. The fourth-order valence-electron chi connectivity index (χ4n) is 2.92. The Morgan fingerprint density at radius 2 is 1.88 bits per heavy atom. The lowest BCUT2D eigenvalue weighted by Crippen LogP contribution is -2.53. The lowest BCUT2D eigenvalue weighted by molar-refractivity contribution is 0.128. The molecular formula is C18H29IN4O. The van der Waals surface area contributed by atoms with Crippen molar-refractivity contribution < 1.29 is 4.74 Å². The Balaban J connectivity index is 0.00000208. The van der Waals surface area contributed by atoms with E-state index in [1.807, 2.05) is 7.05 Å². The highest BCUT2D eigenvalue weighted by atomic mass is 127. The Kier molecular flexibility index (Phi) is 8.11. The zero-order valence-electron chi connectivity index (χ0n) is 14.5. The molecule has 1 aliphatic carbocycles. The van der Waals surface area contributed by atoms with Crippen LogP contribution < -0.4 is 10.2 Å². The van der Waals surface area contributed by atoms with E-state index in [-0.39, 0.29) is 24.0 Å². The van der Waals surface area contributed by atoms with Crippen LogP contribution in [0.4, 0.5) is 5.69 Å². The van der Waals surface area contributed by atoms with E-state index >= 15 is 0 Å². The highest BCUT2D eigenvalue weighted by Gasteiger charge is 2.21. The summed E-state index contributed by atoms with van der Waals surface area (Å²) in [4.78, 5) is 9.18. The number of rotatable bonds is 6. The van der Waals surface area contributed by atoms with Gasteiger partial charge in [0, 0.05) is 52.1 Å². The molecule has 2 fully saturated rings. The van der Waals surface area contributed by atoms with Crippen LogP contribution in [-0.4, -0.2) is 63.8 Å². The fraction of sp³-hybridized carbons (Fsp3) is 0.611. The van der Waals surface area contributed by atoms with E-state index in [4.69, 9.17) is 4.74 Å². The molecule has 1 N–H and O–H groups in total. The third kappa shape index (κ3) is 5.81. The van der Waals surface area contributed by atoms with Gasteiger partial charge in [-0.1, -0.05) is 18.2 Å². The van der Waals surface area contributed by atoms with Gasteiger partial charge in [0.2, 0.25) is 0 Å².